The third-order valence-electron chi connectivity index (χ3n) is 2.18. The van der Waals surface area contributed by atoms with Crippen LogP contribution in [0, 0.1) is 11.7 Å². The molecule has 0 saturated heterocycles. The van der Waals surface area contributed by atoms with Crippen LogP contribution in [0.2, 0.25) is 0 Å². The van der Waals surface area contributed by atoms with Crippen LogP contribution in [0.3, 0.4) is 0 Å². The number of aromatic nitrogens is 4. The van der Waals surface area contributed by atoms with Crippen LogP contribution in [0.1, 0.15) is 18.3 Å². The number of pyridine rings is 1. The van der Waals surface area contributed by atoms with E-state index in [1.54, 1.807) is 6.20 Å². The molecule has 5 heteroatoms. The van der Waals surface area contributed by atoms with Crippen molar-refractivity contribution in [3.05, 3.63) is 34.6 Å². The van der Waals surface area contributed by atoms with Gasteiger partial charge in [0.05, 0.1) is 11.9 Å². The molecule has 0 fully saturated rings. The van der Waals surface area contributed by atoms with Gasteiger partial charge in [-0.25, -0.2) is 0 Å². The maximum Gasteiger partial charge on any atom is 0.199 e. The highest BCUT2D eigenvalue weighted by atomic mass is 32.1. The maximum atomic E-state index is 5.18. The van der Waals surface area contributed by atoms with Crippen molar-refractivity contribution in [2.24, 2.45) is 0 Å². The first-order valence-electron chi connectivity index (χ1n) is 4.80. The van der Waals surface area contributed by atoms with Gasteiger partial charge in [-0.2, -0.15) is 5.10 Å². The van der Waals surface area contributed by atoms with Gasteiger partial charge < -0.3 is 0 Å². The molecule has 0 aliphatic carbocycles. The molecule has 0 bridgehead atoms. The standard InChI is InChI=1S/C10H12N4S/c1-3-9-12-13-10(15)14(9)8-4-7(2)5-11-6-8/h4-6H,3H2,1-2H3,(H,13,15). The maximum absolute atomic E-state index is 5.18. The van der Waals surface area contributed by atoms with Gasteiger partial charge in [0.2, 0.25) is 0 Å². The lowest BCUT2D eigenvalue weighted by molar-refractivity contribution is 0.875. The molecule has 0 atom stereocenters. The van der Waals surface area contributed by atoms with Crippen molar-refractivity contribution in [3.8, 4) is 5.69 Å². The molecule has 4 nitrogen and oxygen atoms in total. The molecule has 0 unspecified atom stereocenters. The van der Waals surface area contributed by atoms with E-state index >= 15 is 0 Å². The molecule has 15 heavy (non-hydrogen) atoms. The van der Waals surface area contributed by atoms with Gasteiger partial charge in [0.25, 0.3) is 0 Å². The minimum Gasteiger partial charge on any atom is -0.271 e. The Morgan fingerprint density at radius 1 is 1.47 bits per heavy atom. The van der Waals surface area contributed by atoms with Crippen LogP contribution >= 0.6 is 12.2 Å². The minimum atomic E-state index is 0.610. The molecule has 2 rings (SSSR count). The number of aromatic amines is 1. The molecule has 0 aliphatic heterocycles. The van der Waals surface area contributed by atoms with E-state index in [4.69, 9.17) is 12.2 Å². The normalized spacial score (nSPS) is 10.5. The van der Waals surface area contributed by atoms with Crippen LogP contribution in [0.15, 0.2) is 18.5 Å². The number of hydrogen-bond donors (Lipinski definition) is 1. The van der Waals surface area contributed by atoms with E-state index in [1.165, 1.54) is 0 Å². The van der Waals surface area contributed by atoms with E-state index in [1.807, 2.05) is 30.7 Å². The fourth-order valence-corrected chi connectivity index (χ4v) is 1.75. The number of hydrogen-bond acceptors (Lipinski definition) is 3. The molecule has 2 aromatic rings. The zero-order valence-electron chi connectivity index (χ0n) is 8.69. The zero-order chi connectivity index (χ0) is 10.8. The molecule has 0 spiro atoms. The fraction of sp³-hybridized carbons (Fsp3) is 0.300. The molecule has 1 N–H and O–H groups in total. The highest BCUT2D eigenvalue weighted by Crippen LogP contribution is 2.11. The van der Waals surface area contributed by atoms with Gasteiger partial charge in [-0.15, -0.1) is 0 Å². The Balaban J connectivity index is 2.62. The second kappa shape index (κ2) is 3.94. The topological polar surface area (TPSA) is 46.5 Å². The molecule has 0 amide bonds. The molecule has 0 aromatic carbocycles. The Morgan fingerprint density at radius 2 is 2.27 bits per heavy atom. The van der Waals surface area contributed by atoms with E-state index in [2.05, 4.69) is 15.2 Å². The first kappa shape index (κ1) is 10.0. The first-order chi connectivity index (χ1) is 7.22. The highest BCUT2D eigenvalue weighted by Gasteiger charge is 2.06. The summed E-state index contributed by atoms with van der Waals surface area (Å²) in [5.74, 6) is 0.924. The number of aryl methyl sites for hydroxylation is 2. The van der Waals surface area contributed by atoms with E-state index in [9.17, 15) is 0 Å². The lowest BCUT2D eigenvalue weighted by Gasteiger charge is -2.04. The Labute approximate surface area is 93.0 Å². The smallest absolute Gasteiger partial charge is 0.199 e. The van der Waals surface area contributed by atoms with Crippen molar-refractivity contribution in [1.82, 2.24) is 19.7 Å². The van der Waals surface area contributed by atoms with Gasteiger partial charge in [0, 0.05) is 12.6 Å². The third-order valence-corrected chi connectivity index (χ3v) is 2.45. The average Bonchev–Trinajstić information content (AvgIpc) is 2.59. The van der Waals surface area contributed by atoms with E-state index in [0.29, 0.717) is 4.77 Å². The van der Waals surface area contributed by atoms with Crippen LogP contribution in [0.4, 0.5) is 0 Å². The van der Waals surface area contributed by atoms with Gasteiger partial charge in [0.15, 0.2) is 4.77 Å². The fourth-order valence-electron chi connectivity index (χ4n) is 1.49. The first-order valence-corrected chi connectivity index (χ1v) is 5.21. The highest BCUT2D eigenvalue weighted by molar-refractivity contribution is 7.71. The largest absolute Gasteiger partial charge is 0.271 e. The molecule has 2 aromatic heterocycles. The quantitative estimate of drug-likeness (QED) is 0.789. The minimum absolute atomic E-state index is 0.610. The Morgan fingerprint density at radius 3 is 2.93 bits per heavy atom. The average molecular weight is 220 g/mol. The Hall–Kier alpha value is -1.49. The van der Waals surface area contributed by atoms with Gasteiger partial charge >= 0.3 is 0 Å². The predicted molar refractivity (Wildman–Crippen MR) is 60.7 cm³/mol. The molecule has 0 radical (unpaired) electrons. The lowest BCUT2D eigenvalue weighted by atomic mass is 10.3. The SMILES string of the molecule is CCc1n[nH]c(=S)n1-c1cncc(C)c1. The summed E-state index contributed by atoms with van der Waals surface area (Å²) in [4.78, 5) is 4.15. The molecule has 0 aliphatic rings. The second-order valence-corrected chi connectivity index (χ2v) is 3.74. The predicted octanol–water partition coefficient (Wildman–Crippen LogP) is 2.20. The summed E-state index contributed by atoms with van der Waals surface area (Å²) >= 11 is 5.18. The van der Waals surface area contributed by atoms with Gasteiger partial charge in [0.1, 0.15) is 5.82 Å². The van der Waals surface area contributed by atoms with Crippen molar-refractivity contribution in [1.29, 1.82) is 0 Å². The van der Waals surface area contributed by atoms with E-state index in [-0.39, 0.29) is 0 Å². The summed E-state index contributed by atoms with van der Waals surface area (Å²) in [6.07, 6.45) is 4.44. The molecule has 0 saturated carbocycles. The van der Waals surface area contributed by atoms with E-state index < -0.39 is 0 Å². The van der Waals surface area contributed by atoms with Crippen LogP contribution < -0.4 is 0 Å². The van der Waals surface area contributed by atoms with Crippen LogP contribution in [-0.4, -0.2) is 19.7 Å². The zero-order valence-corrected chi connectivity index (χ0v) is 9.51. The molecular formula is C10H12N4S. The van der Waals surface area contributed by atoms with E-state index in [0.717, 1.165) is 23.5 Å². The molecule has 2 heterocycles. The number of nitrogens with one attached hydrogen (secondary N) is 1. The second-order valence-electron chi connectivity index (χ2n) is 3.35. The summed E-state index contributed by atoms with van der Waals surface area (Å²) in [5, 5.41) is 6.95. The Kier molecular flexibility index (Phi) is 2.64. The van der Waals surface area contributed by atoms with Crippen LogP contribution in [0.5, 0.6) is 0 Å². The van der Waals surface area contributed by atoms with Gasteiger partial charge in [-0.05, 0) is 30.8 Å². The van der Waals surface area contributed by atoms with Crippen LogP contribution in [0.25, 0.3) is 5.69 Å². The van der Waals surface area contributed by atoms with Gasteiger partial charge in [-0.3, -0.25) is 14.6 Å². The van der Waals surface area contributed by atoms with Gasteiger partial charge in [-0.1, -0.05) is 6.92 Å². The monoisotopic (exact) mass is 220 g/mol. The molecule has 78 valence electrons. The summed E-state index contributed by atoms with van der Waals surface area (Å²) in [5.41, 5.74) is 2.07. The molecular weight excluding hydrogens is 208 g/mol. The number of H-pyrrole nitrogens is 1. The Bertz CT molecular complexity index is 526. The number of nitrogens with zero attached hydrogens (tertiary/aromatic N) is 3. The van der Waals surface area contributed by atoms with Crippen molar-refractivity contribution >= 4 is 12.2 Å². The number of rotatable bonds is 2. The summed E-state index contributed by atoms with van der Waals surface area (Å²) in [7, 11) is 0. The van der Waals surface area contributed by atoms with Crippen molar-refractivity contribution in [2.45, 2.75) is 20.3 Å². The lowest BCUT2D eigenvalue weighted by Crippen LogP contribution is -2.01. The summed E-state index contributed by atoms with van der Waals surface area (Å²) < 4.78 is 2.52. The summed E-state index contributed by atoms with van der Waals surface area (Å²) in [6, 6.07) is 2.04. The van der Waals surface area contributed by atoms with Crippen molar-refractivity contribution in [2.75, 3.05) is 0 Å². The summed E-state index contributed by atoms with van der Waals surface area (Å²) in [6.45, 7) is 4.05. The van der Waals surface area contributed by atoms with Crippen molar-refractivity contribution < 1.29 is 0 Å². The third kappa shape index (κ3) is 1.83. The van der Waals surface area contributed by atoms with Crippen LogP contribution in [-0.2, 0) is 6.42 Å². The van der Waals surface area contributed by atoms with Crippen molar-refractivity contribution in [3.63, 3.8) is 0 Å².